The largest absolute Gasteiger partial charge is 0.486 e. The predicted molar refractivity (Wildman–Crippen MR) is 78.2 cm³/mol. The number of carbonyl (C=O) groups excluding carboxylic acids is 1. The van der Waals surface area contributed by atoms with Crippen LogP contribution in [0.3, 0.4) is 0 Å². The zero-order valence-electron chi connectivity index (χ0n) is 11.6. The summed E-state index contributed by atoms with van der Waals surface area (Å²) in [4.78, 5) is 11.0. The number of methoxy groups -OCH3 is 1. The van der Waals surface area contributed by atoms with Gasteiger partial charge in [-0.2, -0.15) is 0 Å². The van der Waals surface area contributed by atoms with Crippen LogP contribution in [0.5, 0.6) is 5.75 Å². The number of hydrogen-bond donors (Lipinski definition) is 0. The van der Waals surface area contributed by atoms with Crippen molar-refractivity contribution in [2.75, 3.05) is 7.11 Å². The molecule has 0 spiro atoms. The minimum absolute atomic E-state index is 0.175. The van der Waals surface area contributed by atoms with Gasteiger partial charge in [-0.25, -0.2) is 9.18 Å². The van der Waals surface area contributed by atoms with Crippen LogP contribution < -0.4 is 4.74 Å². The average molecular weight is 286 g/mol. The molecule has 0 radical (unpaired) electrons. The van der Waals surface area contributed by atoms with Crippen molar-refractivity contribution in [1.82, 2.24) is 0 Å². The predicted octanol–water partition coefficient (Wildman–Crippen LogP) is 3.59. The molecule has 0 aliphatic carbocycles. The molecule has 0 unspecified atom stereocenters. The van der Waals surface area contributed by atoms with Crippen molar-refractivity contribution in [3.63, 3.8) is 0 Å². The van der Waals surface area contributed by atoms with Crippen LogP contribution in [0.25, 0.3) is 6.08 Å². The molecule has 0 fully saturated rings. The Hall–Kier alpha value is -2.62. The maximum absolute atomic E-state index is 13.9. The smallest absolute Gasteiger partial charge is 0.330 e. The topological polar surface area (TPSA) is 35.5 Å². The second-order valence-corrected chi connectivity index (χ2v) is 4.32. The van der Waals surface area contributed by atoms with Gasteiger partial charge in [0.1, 0.15) is 6.61 Å². The van der Waals surface area contributed by atoms with E-state index in [2.05, 4.69) is 4.74 Å². The van der Waals surface area contributed by atoms with Gasteiger partial charge in [-0.05, 0) is 29.3 Å². The minimum atomic E-state index is -0.486. The standard InChI is InChI=1S/C17H15FO3/c1-20-17(19)10-8-13-7-9-16(15(18)11-13)21-12-14-5-3-2-4-6-14/h2-11H,12H2,1H3/b10-8+. The third-order valence-corrected chi connectivity index (χ3v) is 2.81. The molecular weight excluding hydrogens is 271 g/mol. The molecule has 0 aliphatic rings. The molecule has 0 saturated carbocycles. The number of benzene rings is 2. The van der Waals surface area contributed by atoms with E-state index >= 15 is 0 Å². The molecule has 0 amide bonds. The second-order valence-electron chi connectivity index (χ2n) is 4.32. The Balaban J connectivity index is 2.02. The van der Waals surface area contributed by atoms with E-state index in [4.69, 9.17) is 4.74 Å². The van der Waals surface area contributed by atoms with Crippen LogP contribution in [0.2, 0.25) is 0 Å². The molecule has 0 aliphatic heterocycles. The lowest BCUT2D eigenvalue weighted by Gasteiger charge is -2.07. The number of carbonyl (C=O) groups is 1. The lowest BCUT2D eigenvalue weighted by molar-refractivity contribution is -0.134. The van der Waals surface area contributed by atoms with Crippen LogP contribution in [-0.4, -0.2) is 13.1 Å². The summed E-state index contributed by atoms with van der Waals surface area (Å²) in [6.07, 6.45) is 2.72. The molecular formula is C17H15FO3. The van der Waals surface area contributed by atoms with E-state index in [9.17, 15) is 9.18 Å². The fraction of sp³-hybridized carbons (Fsp3) is 0.118. The Morgan fingerprint density at radius 3 is 2.62 bits per heavy atom. The molecule has 0 bridgehead atoms. The van der Waals surface area contributed by atoms with E-state index in [0.717, 1.165) is 5.56 Å². The van der Waals surface area contributed by atoms with Gasteiger partial charge in [-0.15, -0.1) is 0 Å². The Labute approximate surface area is 122 Å². The molecule has 21 heavy (non-hydrogen) atoms. The molecule has 0 atom stereocenters. The molecule has 3 nitrogen and oxygen atoms in total. The molecule has 0 heterocycles. The second kappa shape index (κ2) is 7.24. The monoisotopic (exact) mass is 286 g/mol. The normalized spacial score (nSPS) is 10.6. The summed E-state index contributed by atoms with van der Waals surface area (Å²) in [5, 5.41) is 0. The van der Waals surface area contributed by atoms with Crippen molar-refractivity contribution in [3.05, 3.63) is 71.6 Å². The van der Waals surface area contributed by atoms with Crippen LogP contribution in [0.15, 0.2) is 54.6 Å². The Morgan fingerprint density at radius 2 is 1.95 bits per heavy atom. The van der Waals surface area contributed by atoms with Crippen molar-refractivity contribution in [2.45, 2.75) is 6.61 Å². The van der Waals surface area contributed by atoms with Gasteiger partial charge in [-0.3, -0.25) is 0 Å². The average Bonchev–Trinajstić information content (AvgIpc) is 2.52. The third-order valence-electron chi connectivity index (χ3n) is 2.81. The van der Waals surface area contributed by atoms with Crippen LogP contribution in [0.4, 0.5) is 4.39 Å². The van der Waals surface area contributed by atoms with Gasteiger partial charge in [0.2, 0.25) is 0 Å². The summed E-state index contributed by atoms with van der Waals surface area (Å²) in [6, 6.07) is 14.0. The summed E-state index contributed by atoms with van der Waals surface area (Å²) < 4.78 is 23.8. The van der Waals surface area contributed by atoms with Crippen LogP contribution in [0.1, 0.15) is 11.1 Å². The lowest BCUT2D eigenvalue weighted by atomic mass is 10.2. The summed E-state index contributed by atoms with van der Waals surface area (Å²) >= 11 is 0. The fourth-order valence-electron chi connectivity index (χ4n) is 1.71. The minimum Gasteiger partial charge on any atom is -0.486 e. The molecule has 108 valence electrons. The Morgan fingerprint density at radius 1 is 1.19 bits per heavy atom. The van der Waals surface area contributed by atoms with Crippen molar-refractivity contribution in [1.29, 1.82) is 0 Å². The number of rotatable bonds is 5. The lowest BCUT2D eigenvalue weighted by Crippen LogP contribution is -1.97. The van der Waals surface area contributed by atoms with Crippen LogP contribution in [-0.2, 0) is 16.1 Å². The molecule has 0 aromatic heterocycles. The van der Waals surface area contributed by atoms with E-state index < -0.39 is 11.8 Å². The highest BCUT2D eigenvalue weighted by molar-refractivity contribution is 5.86. The highest BCUT2D eigenvalue weighted by Crippen LogP contribution is 2.20. The summed E-state index contributed by atoms with van der Waals surface area (Å²) in [6.45, 7) is 0.301. The van der Waals surface area contributed by atoms with Gasteiger partial charge in [0.05, 0.1) is 7.11 Å². The SMILES string of the molecule is COC(=O)/C=C/c1ccc(OCc2ccccc2)c(F)c1. The molecule has 2 rings (SSSR count). The first kappa shape index (κ1) is 14.8. The van der Waals surface area contributed by atoms with Crippen LogP contribution in [0, 0.1) is 5.82 Å². The first-order valence-corrected chi connectivity index (χ1v) is 6.41. The maximum atomic E-state index is 13.9. The maximum Gasteiger partial charge on any atom is 0.330 e. The van der Waals surface area contributed by atoms with E-state index in [0.29, 0.717) is 12.2 Å². The molecule has 4 heteroatoms. The number of hydrogen-bond acceptors (Lipinski definition) is 3. The zero-order chi connectivity index (χ0) is 15.1. The molecule has 0 saturated heterocycles. The van der Waals surface area contributed by atoms with Crippen molar-refractivity contribution in [3.8, 4) is 5.75 Å². The van der Waals surface area contributed by atoms with E-state index in [1.54, 1.807) is 6.07 Å². The first-order valence-electron chi connectivity index (χ1n) is 6.41. The summed E-state index contributed by atoms with van der Waals surface area (Å²) in [5.41, 5.74) is 1.52. The van der Waals surface area contributed by atoms with Crippen molar-refractivity contribution in [2.24, 2.45) is 0 Å². The fourth-order valence-corrected chi connectivity index (χ4v) is 1.71. The Kier molecular flexibility index (Phi) is 5.10. The van der Waals surface area contributed by atoms with Gasteiger partial charge in [-0.1, -0.05) is 36.4 Å². The number of halogens is 1. The number of ether oxygens (including phenoxy) is 2. The van der Waals surface area contributed by atoms with E-state index in [1.807, 2.05) is 30.3 Å². The van der Waals surface area contributed by atoms with Crippen LogP contribution >= 0.6 is 0 Å². The van der Waals surface area contributed by atoms with Gasteiger partial charge < -0.3 is 9.47 Å². The Bertz CT molecular complexity index is 636. The molecule has 2 aromatic carbocycles. The third kappa shape index (κ3) is 4.45. The highest BCUT2D eigenvalue weighted by Gasteiger charge is 2.04. The zero-order valence-corrected chi connectivity index (χ0v) is 11.6. The number of esters is 1. The highest BCUT2D eigenvalue weighted by atomic mass is 19.1. The van der Waals surface area contributed by atoms with Gasteiger partial charge in [0, 0.05) is 6.08 Å². The van der Waals surface area contributed by atoms with E-state index in [-0.39, 0.29) is 5.75 Å². The van der Waals surface area contributed by atoms with Gasteiger partial charge >= 0.3 is 5.97 Å². The molecule has 0 N–H and O–H groups in total. The molecule has 2 aromatic rings. The van der Waals surface area contributed by atoms with Crippen molar-refractivity contribution >= 4 is 12.0 Å². The van der Waals surface area contributed by atoms with Gasteiger partial charge in [0.25, 0.3) is 0 Å². The van der Waals surface area contributed by atoms with Crippen molar-refractivity contribution < 1.29 is 18.7 Å². The van der Waals surface area contributed by atoms with Gasteiger partial charge in [0.15, 0.2) is 11.6 Å². The first-order chi connectivity index (χ1) is 10.2. The quantitative estimate of drug-likeness (QED) is 0.622. The van der Waals surface area contributed by atoms with E-state index in [1.165, 1.54) is 31.4 Å². The summed E-state index contributed by atoms with van der Waals surface area (Å²) in [5.74, 6) is -0.785. The summed E-state index contributed by atoms with van der Waals surface area (Å²) in [7, 11) is 1.29.